The average Bonchev–Trinajstić information content (AvgIpc) is 2.63. The maximum absolute atomic E-state index is 11.2. The van der Waals surface area contributed by atoms with Crippen LogP contribution in [0.3, 0.4) is 0 Å². The first-order valence-electron chi connectivity index (χ1n) is 5.89. The van der Waals surface area contributed by atoms with E-state index < -0.39 is 0 Å². The lowest BCUT2D eigenvalue weighted by Crippen LogP contribution is -2.37. The summed E-state index contributed by atoms with van der Waals surface area (Å²) in [4.78, 5) is 11.2. The molecule has 1 heterocycles. The van der Waals surface area contributed by atoms with Crippen molar-refractivity contribution in [2.24, 2.45) is 5.73 Å². The predicted octanol–water partition coefficient (Wildman–Crippen LogP) is 1.21. The number of amides is 1. The van der Waals surface area contributed by atoms with Crippen LogP contribution >= 0.6 is 0 Å². The molecule has 0 aliphatic carbocycles. The van der Waals surface area contributed by atoms with E-state index in [2.05, 4.69) is 11.5 Å². The van der Waals surface area contributed by atoms with Crippen LogP contribution in [0.15, 0.2) is 24.3 Å². The van der Waals surface area contributed by atoms with Gasteiger partial charge in [-0.15, -0.1) is 0 Å². The number of benzene rings is 1. The van der Waals surface area contributed by atoms with Crippen molar-refractivity contribution in [1.82, 2.24) is 5.43 Å². The molecule has 92 valence electrons. The van der Waals surface area contributed by atoms with Crippen LogP contribution in [0, 0.1) is 0 Å². The monoisotopic (exact) mass is 233 g/mol. The molecule has 1 aromatic rings. The molecule has 0 aromatic heterocycles. The third-order valence-corrected chi connectivity index (χ3v) is 2.75. The number of nitrogens with zero attached hydrogens (tertiary/aromatic N) is 1. The Balaban J connectivity index is 2.24. The van der Waals surface area contributed by atoms with Gasteiger partial charge in [-0.05, 0) is 31.9 Å². The number of para-hydroxylation sites is 1. The Morgan fingerprint density at radius 2 is 2.12 bits per heavy atom. The van der Waals surface area contributed by atoms with E-state index >= 15 is 0 Å². The number of hydrazine groups is 1. The fourth-order valence-corrected chi connectivity index (χ4v) is 2.07. The van der Waals surface area contributed by atoms with Gasteiger partial charge in [-0.1, -0.05) is 18.2 Å². The highest BCUT2D eigenvalue weighted by atomic mass is 16.2. The summed E-state index contributed by atoms with van der Waals surface area (Å²) in [6, 6.07) is 8.07. The zero-order valence-corrected chi connectivity index (χ0v) is 10.4. The van der Waals surface area contributed by atoms with Crippen molar-refractivity contribution in [3.8, 4) is 0 Å². The molecule has 3 N–H and O–H groups in total. The summed E-state index contributed by atoms with van der Waals surface area (Å²) in [7, 11) is 0. The molecule has 0 bridgehead atoms. The first kappa shape index (κ1) is 11.9. The summed E-state index contributed by atoms with van der Waals surface area (Å²) in [6.45, 7) is 4.74. The molecular weight excluding hydrogens is 214 g/mol. The number of hydrogen-bond donors (Lipinski definition) is 2. The van der Waals surface area contributed by atoms with Crippen LogP contribution in [0.5, 0.6) is 0 Å². The second-order valence-electron chi connectivity index (χ2n) is 5.23. The number of anilines is 1. The maximum Gasteiger partial charge on any atom is 0.240 e. The number of carbonyl (C=O) groups is 1. The quantitative estimate of drug-likeness (QED) is 0.825. The Labute approximate surface area is 102 Å². The van der Waals surface area contributed by atoms with Gasteiger partial charge in [0.2, 0.25) is 5.91 Å². The van der Waals surface area contributed by atoms with E-state index in [1.165, 1.54) is 5.56 Å². The third kappa shape index (κ3) is 2.97. The van der Waals surface area contributed by atoms with Crippen LogP contribution < -0.4 is 16.2 Å². The van der Waals surface area contributed by atoms with Crippen LogP contribution in [-0.4, -0.2) is 18.0 Å². The third-order valence-electron chi connectivity index (χ3n) is 2.75. The maximum atomic E-state index is 11.2. The van der Waals surface area contributed by atoms with Crippen molar-refractivity contribution in [2.75, 3.05) is 11.6 Å². The fourth-order valence-electron chi connectivity index (χ4n) is 2.07. The van der Waals surface area contributed by atoms with E-state index in [4.69, 9.17) is 5.73 Å². The van der Waals surface area contributed by atoms with E-state index in [0.29, 0.717) is 6.42 Å². The van der Waals surface area contributed by atoms with Crippen LogP contribution in [0.1, 0.15) is 25.8 Å². The van der Waals surface area contributed by atoms with Gasteiger partial charge in [0.1, 0.15) is 0 Å². The highest BCUT2D eigenvalue weighted by Gasteiger charge is 2.22. The van der Waals surface area contributed by atoms with Crippen molar-refractivity contribution < 1.29 is 4.79 Å². The topological polar surface area (TPSA) is 58.4 Å². The molecule has 17 heavy (non-hydrogen) atoms. The number of rotatable bonds is 3. The summed E-state index contributed by atoms with van der Waals surface area (Å²) in [5.41, 5.74) is 10.9. The fraction of sp³-hybridized carbons (Fsp3) is 0.462. The highest BCUT2D eigenvalue weighted by Crippen LogP contribution is 2.24. The largest absolute Gasteiger partial charge is 0.325 e. The molecule has 4 nitrogen and oxygen atoms in total. The Hall–Kier alpha value is -1.55. The zero-order chi connectivity index (χ0) is 12.5. The Kier molecular flexibility index (Phi) is 3.07. The molecular formula is C13H19N3O. The normalized spacial score (nSPS) is 16.2. The molecule has 0 atom stereocenters. The Bertz CT molecular complexity index is 423. The van der Waals surface area contributed by atoms with Gasteiger partial charge in [0.15, 0.2) is 0 Å². The highest BCUT2D eigenvalue weighted by molar-refractivity contribution is 5.82. The van der Waals surface area contributed by atoms with Gasteiger partial charge < -0.3 is 5.73 Å². The van der Waals surface area contributed by atoms with Crippen LogP contribution in [0.2, 0.25) is 0 Å². The van der Waals surface area contributed by atoms with Gasteiger partial charge in [-0.2, -0.15) is 0 Å². The second-order valence-corrected chi connectivity index (χ2v) is 5.23. The standard InChI is InChI=1S/C13H19N3O/c1-13(2,14)9-10-5-3-4-6-11(10)16-8-7-12(17)15-16/h3-6H,7-9,14H2,1-2H3,(H,15,17). The van der Waals surface area contributed by atoms with Crippen molar-refractivity contribution in [1.29, 1.82) is 0 Å². The number of nitrogens with two attached hydrogens (primary N) is 1. The van der Waals surface area contributed by atoms with Gasteiger partial charge in [0.05, 0.1) is 5.69 Å². The van der Waals surface area contributed by atoms with Gasteiger partial charge in [-0.25, -0.2) is 0 Å². The molecule has 1 aromatic carbocycles. The van der Waals surface area contributed by atoms with Crippen molar-refractivity contribution in [3.63, 3.8) is 0 Å². The summed E-state index contributed by atoms with van der Waals surface area (Å²) < 4.78 is 0. The molecule has 0 radical (unpaired) electrons. The molecule has 0 unspecified atom stereocenters. The molecule has 1 fully saturated rings. The summed E-state index contributed by atoms with van der Waals surface area (Å²) in [6.07, 6.45) is 1.34. The van der Waals surface area contributed by atoms with E-state index in [1.54, 1.807) is 0 Å². The van der Waals surface area contributed by atoms with Gasteiger partial charge in [0, 0.05) is 18.5 Å². The van der Waals surface area contributed by atoms with Crippen LogP contribution in [-0.2, 0) is 11.2 Å². The lowest BCUT2D eigenvalue weighted by molar-refractivity contribution is -0.119. The first-order valence-corrected chi connectivity index (χ1v) is 5.89. The molecule has 1 saturated heterocycles. The molecule has 1 amide bonds. The smallest absolute Gasteiger partial charge is 0.240 e. The Morgan fingerprint density at radius 3 is 2.71 bits per heavy atom. The van der Waals surface area contributed by atoms with Crippen LogP contribution in [0.25, 0.3) is 0 Å². The Morgan fingerprint density at radius 1 is 1.41 bits per heavy atom. The van der Waals surface area contributed by atoms with Crippen molar-refractivity contribution >= 4 is 11.6 Å². The minimum absolute atomic E-state index is 0.0758. The minimum Gasteiger partial charge on any atom is -0.325 e. The zero-order valence-electron chi connectivity index (χ0n) is 10.4. The molecule has 0 spiro atoms. The lowest BCUT2D eigenvalue weighted by atomic mass is 9.95. The number of carbonyl (C=O) groups excluding carboxylic acids is 1. The van der Waals surface area contributed by atoms with Gasteiger partial charge in [-0.3, -0.25) is 15.2 Å². The van der Waals surface area contributed by atoms with E-state index in [-0.39, 0.29) is 11.4 Å². The summed E-state index contributed by atoms with van der Waals surface area (Å²) in [5, 5.41) is 1.91. The molecule has 0 saturated carbocycles. The predicted molar refractivity (Wildman–Crippen MR) is 68.5 cm³/mol. The number of hydrogen-bond acceptors (Lipinski definition) is 3. The van der Waals surface area contributed by atoms with E-state index in [1.807, 2.05) is 37.1 Å². The van der Waals surface area contributed by atoms with E-state index in [0.717, 1.165) is 18.7 Å². The molecule has 2 rings (SSSR count). The van der Waals surface area contributed by atoms with E-state index in [9.17, 15) is 4.79 Å². The molecule has 1 aliphatic rings. The van der Waals surface area contributed by atoms with Crippen molar-refractivity contribution in [3.05, 3.63) is 29.8 Å². The summed E-state index contributed by atoms with van der Waals surface area (Å²) in [5.74, 6) is 0.0758. The van der Waals surface area contributed by atoms with Crippen molar-refractivity contribution in [2.45, 2.75) is 32.2 Å². The minimum atomic E-state index is -0.250. The number of nitrogens with one attached hydrogen (secondary N) is 1. The van der Waals surface area contributed by atoms with Crippen LogP contribution in [0.4, 0.5) is 5.69 Å². The van der Waals surface area contributed by atoms with Gasteiger partial charge >= 0.3 is 0 Å². The molecule has 1 aliphatic heterocycles. The first-order chi connectivity index (χ1) is 7.96. The summed E-state index contributed by atoms with van der Waals surface area (Å²) >= 11 is 0. The molecule has 4 heteroatoms. The van der Waals surface area contributed by atoms with Gasteiger partial charge in [0.25, 0.3) is 0 Å². The average molecular weight is 233 g/mol. The SMILES string of the molecule is CC(C)(N)Cc1ccccc1N1CCC(=O)N1. The lowest BCUT2D eigenvalue weighted by Gasteiger charge is -2.25. The second kappa shape index (κ2) is 4.37.